The Hall–Kier alpha value is -4.73. The number of rotatable bonds is 11. The lowest BCUT2D eigenvalue weighted by Gasteiger charge is -2.30. The third-order valence-electron chi connectivity index (χ3n) is 7.41. The van der Waals surface area contributed by atoms with E-state index in [1.165, 1.54) is 6.07 Å². The lowest BCUT2D eigenvalue weighted by Crippen LogP contribution is -2.52. The maximum Gasteiger partial charge on any atom is 0.337 e. The molecule has 3 amide bonds. The van der Waals surface area contributed by atoms with Gasteiger partial charge in [0.1, 0.15) is 23.9 Å². The van der Waals surface area contributed by atoms with Crippen molar-refractivity contribution in [3.8, 4) is 17.2 Å². The van der Waals surface area contributed by atoms with Crippen molar-refractivity contribution in [1.29, 1.82) is 0 Å². The van der Waals surface area contributed by atoms with Crippen molar-refractivity contribution < 1.29 is 29.0 Å². The van der Waals surface area contributed by atoms with Crippen molar-refractivity contribution in [1.82, 2.24) is 5.32 Å². The average molecular weight is 649 g/mol. The van der Waals surface area contributed by atoms with Gasteiger partial charge in [-0.2, -0.15) is 0 Å². The Morgan fingerprint density at radius 2 is 1.42 bits per heavy atom. The van der Waals surface area contributed by atoms with Gasteiger partial charge in [0, 0.05) is 5.69 Å². The molecule has 1 saturated carbocycles. The highest BCUT2D eigenvalue weighted by Crippen LogP contribution is 2.32. The average Bonchev–Trinajstić information content (AvgIpc) is 3.48. The molecule has 0 atom stereocenters. The molecule has 232 valence electrons. The Morgan fingerprint density at radius 1 is 0.778 bits per heavy atom. The van der Waals surface area contributed by atoms with E-state index in [0.717, 1.165) is 31.2 Å². The van der Waals surface area contributed by atoms with Crippen molar-refractivity contribution in [2.24, 2.45) is 0 Å². The summed E-state index contributed by atoms with van der Waals surface area (Å²) in [4.78, 5) is 36.6. The summed E-state index contributed by atoms with van der Waals surface area (Å²) >= 11 is 12.0. The van der Waals surface area contributed by atoms with E-state index in [9.17, 15) is 19.5 Å². The summed E-state index contributed by atoms with van der Waals surface area (Å²) < 4.78 is 12.0. The number of hydrogen-bond acceptors (Lipinski definition) is 5. The van der Waals surface area contributed by atoms with E-state index in [2.05, 4.69) is 16.0 Å². The zero-order valence-corrected chi connectivity index (χ0v) is 25.7. The molecule has 5 rings (SSSR count). The van der Waals surface area contributed by atoms with Crippen LogP contribution in [-0.4, -0.2) is 35.2 Å². The number of carbonyl (C=O) groups is 3. The zero-order chi connectivity index (χ0) is 31.8. The van der Waals surface area contributed by atoms with Crippen molar-refractivity contribution in [2.45, 2.75) is 37.6 Å². The number of para-hydroxylation sites is 1. The minimum atomic E-state index is -1.11. The molecule has 1 aliphatic rings. The van der Waals surface area contributed by atoms with Crippen LogP contribution in [0.5, 0.6) is 17.2 Å². The fraction of sp³-hybridized carbons (Fsp3) is 0.206. The molecule has 4 aromatic carbocycles. The Labute approximate surface area is 270 Å². The van der Waals surface area contributed by atoms with Crippen molar-refractivity contribution in [3.63, 3.8) is 0 Å². The van der Waals surface area contributed by atoms with E-state index in [1.54, 1.807) is 84.9 Å². The standard InChI is InChI=1S/C34H31Cl2N3O6/c35-28-16-9-23(20-29(28)36)37-33(43)39-34(17-3-4-18-34)21-44-24-12-14-26(15-13-24)45-25-10-7-22(8-11-25)19-31(40)38-30-6-2-1-5-27(30)32(41)42/h1-2,5-16,20H,3-4,17-19,21H2,(H,38,40)(H,41,42)(H2,37,39,43). The summed E-state index contributed by atoms with van der Waals surface area (Å²) in [5, 5.41) is 18.7. The van der Waals surface area contributed by atoms with E-state index in [1.807, 2.05) is 0 Å². The molecule has 0 aliphatic heterocycles. The number of nitrogens with one attached hydrogen (secondary N) is 3. The molecule has 0 bridgehead atoms. The first-order chi connectivity index (χ1) is 21.7. The minimum Gasteiger partial charge on any atom is -0.491 e. The Morgan fingerprint density at radius 3 is 2.09 bits per heavy atom. The lowest BCUT2D eigenvalue weighted by molar-refractivity contribution is -0.115. The number of benzene rings is 4. The molecule has 11 heteroatoms. The van der Waals surface area contributed by atoms with Crippen LogP contribution in [0.1, 0.15) is 41.6 Å². The predicted molar refractivity (Wildman–Crippen MR) is 174 cm³/mol. The molecule has 1 aliphatic carbocycles. The number of halogens is 2. The van der Waals surface area contributed by atoms with Crippen LogP contribution in [0.3, 0.4) is 0 Å². The van der Waals surface area contributed by atoms with Gasteiger partial charge in [-0.1, -0.05) is 60.3 Å². The van der Waals surface area contributed by atoms with Gasteiger partial charge in [0.2, 0.25) is 5.91 Å². The van der Waals surface area contributed by atoms with Crippen LogP contribution in [-0.2, 0) is 11.2 Å². The van der Waals surface area contributed by atoms with E-state index in [-0.39, 0.29) is 29.6 Å². The number of anilines is 2. The van der Waals surface area contributed by atoms with Gasteiger partial charge < -0.3 is 30.5 Å². The number of aromatic carboxylic acids is 1. The molecule has 0 spiro atoms. The molecule has 9 nitrogen and oxygen atoms in total. The highest BCUT2D eigenvalue weighted by Gasteiger charge is 2.36. The molecule has 45 heavy (non-hydrogen) atoms. The number of urea groups is 1. The van der Waals surface area contributed by atoms with Gasteiger partial charge in [-0.3, -0.25) is 4.79 Å². The largest absolute Gasteiger partial charge is 0.491 e. The second-order valence-corrected chi connectivity index (χ2v) is 11.6. The third kappa shape index (κ3) is 8.68. The molecular weight excluding hydrogens is 617 g/mol. The van der Waals surface area contributed by atoms with Crippen LogP contribution in [0.2, 0.25) is 10.0 Å². The second kappa shape index (κ2) is 14.4. The quantitative estimate of drug-likeness (QED) is 0.130. The first-order valence-corrected chi connectivity index (χ1v) is 15.1. The Balaban J connectivity index is 1.11. The fourth-order valence-corrected chi connectivity index (χ4v) is 5.43. The number of carboxylic acids is 1. The zero-order valence-electron chi connectivity index (χ0n) is 24.1. The minimum absolute atomic E-state index is 0.0319. The SMILES string of the molecule is O=C(Cc1ccc(Oc2ccc(OCC3(NC(=O)Nc4ccc(Cl)c(Cl)c4)CCCC3)cc2)cc1)Nc1ccccc1C(=O)O. The Kier molecular flexibility index (Phi) is 10.1. The second-order valence-electron chi connectivity index (χ2n) is 10.8. The van der Waals surface area contributed by atoms with Gasteiger partial charge in [0.25, 0.3) is 0 Å². The van der Waals surface area contributed by atoms with Gasteiger partial charge in [0.05, 0.1) is 33.3 Å². The number of ether oxygens (including phenoxy) is 2. The summed E-state index contributed by atoms with van der Waals surface area (Å²) in [5.41, 5.74) is 1.09. The molecule has 0 heterocycles. The van der Waals surface area contributed by atoms with Crippen LogP contribution in [0.4, 0.5) is 16.2 Å². The summed E-state index contributed by atoms with van der Waals surface area (Å²) in [5.74, 6) is 0.406. The molecule has 4 aromatic rings. The number of carboxylic acid groups (broad SMARTS) is 1. The number of amides is 3. The molecule has 0 radical (unpaired) electrons. The van der Waals surface area contributed by atoms with E-state index in [0.29, 0.717) is 39.6 Å². The van der Waals surface area contributed by atoms with Gasteiger partial charge in [-0.25, -0.2) is 9.59 Å². The van der Waals surface area contributed by atoms with Gasteiger partial charge in [-0.15, -0.1) is 0 Å². The summed E-state index contributed by atoms with van der Waals surface area (Å²) in [6.45, 7) is 0.318. The van der Waals surface area contributed by atoms with E-state index in [4.69, 9.17) is 32.7 Å². The number of hydrogen-bond donors (Lipinski definition) is 4. The molecule has 0 saturated heterocycles. The highest BCUT2D eigenvalue weighted by molar-refractivity contribution is 6.42. The summed E-state index contributed by atoms with van der Waals surface area (Å²) in [7, 11) is 0. The van der Waals surface area contributed by atoms with Gasteiger partial charge in [0.15, 0.2) is 0 Å². The summed E-state index contributed by atoms with van der Waals surface area (Å²) in [6, 6.07) is 25.1. The van der Waals surface area contributed by atoms with Gasteiger partial charge >= 0.3 is 12.0 Å². The lowest BCUT2D eigenvalue weighted by atomic mass is 9.99. The fourth-order valence-electron chi connectivity index (χ4n) is 5.13. The summed E-state index contributed by atoms with van der Waals surface area (Å²) in [6.07, 6.45) is 3.66. The monoisotopic (exact) mass is 647 g/mol. The maximum absolute atomic E-state index is 12.8. The maximum atomic E-state index is 12.8. The predicted octanol–water partition coefficient (Wildman–Crippen LogP) is 8.18. The van der Waals surface area contributed by atoms with Crippen molar-refractivity contribution >= 4 is 52.5 Å². The van der Waals surface area contributed by atoms with Crippen LogP contribution < -0.4 is 25.4 Å². The molecular formula is C34H31Cl2N3O6. The first-order valence-electron chi connectivity index (χ1n) is 14.3. The van der Waals surface area contributed by atoms with E-state index >= 15 is 0 Å². The Bertz CT molecular complexity index is 1670. The van der Waals surface area contributed by atoms with Gasteiger partial charge in [-0.05, 0) is 85.1 Å². The van der Waals surface area contributed by atoms with Crippen LogP contribution in [0.25, 0.3) is 0 Å². The molecule has 1 fully saturated rings. The van der Waals surface area contributed by atoms with Crippen LogP contribution in [0.15, 0.2) is 91.0 Å². The molecule has 4 N–H and O–H groups in total. The van der Waals surface area contributed by atoms with Crippen LogP contribution in [0, 0.1) is 0 Å². The van der Waals surface area contributed by atoms with Crippen molar-refractivity contribution in [2.75, 3.05) is 17.2 Å². The molecule has 0 aromatic heterocycles. The first kappa shape index (κ1) is 31.7. The third-order valence-corrected chi connectivity index (χ3v) is 8.15. The van der Waals surface area contributed by atoms with Crippen LogP contribution >= 0.6 is 23.2 Å². The van der Waals surface area contributed by atoms with Crippen molar-refractivity contribution in [3.05, 3.63) is 112 Å². The highest BCUT2D eigenvalue weighted by atomic mass is 35.5. The number of carbonyl (C=O) groups excluding carboxylic acids is 2. The smallest absolute Gasteiger partial charge is 0.337 e. The molecule has 0 unspecified atom stereocenters. The normalized spacial score (nSPS) is 13.5. The van der Waals surface area contributed by atoms with E-state index < -0.39 is 11.5 Å². The topological polar surface area (TPSA) is 126 Å².